The molecule has 2 heteroatoms. The standard InChI is InChI=1S/C5H11NS/c1-3-2-4(6)5(3)7/h3-5,7H,2,6H2,1H3/t3-,4+,5-/m0/s1. The highest BCUT2D eigenvalue weighted by atomic mass is 32.1. The molecule has 1 rings (SSSR count). The van der Waals surface area contributed by atoms with Gasteiger partial charge in [-0.25, -0.2) is 0 Å². The van der Waals surface area contributed by atoms with Crippen molar-refractivity contribution in [1.29, 1.82) is 0 Å². The molecule has 0 saturated heterocycles. The first kappa shape index (κ1) is 5.45. The first-order chi connectivity index (χ1) is 3.22. The van der Waals surface area contributed by atoms with Crippen molar-refractivity contribution in [2.45, 2.75) is 24.6 Å². The van der Waals surface area contributed by atoms with Crippen LogP contribution in [0, 0.1) is 5.92 Å². The van der Waals surface area contributed by atoms with E-state index in [9.17, 15) is 0 Å². The normalized spacial score (nSPS) is 51.0. The Labute approximate surface area is 49.7 Å². The van der Waals surface area contributed by atoms with Crippen LogP contribution < -0.4 is 5.73 Å². The zero-order valence-electron chi connectivity index (χ0n) is 4.46. The van der Waals surface area contributed by atoms with Crippen LogP contribution in [-0.2, 0) is 0 Å². The minimum atomic E-state index is 0.373. The third kappa shape index (κ3) is 0.774. The van der Waals surface area contributed by atoms with E-state index in [0.717, 1.165) is 12.3 Å². The zero-order valence-corrected chi connectivity index (χ0v) is 5.36. The van der Waals surface area contributed by atoms with Gasteiger partial charge in [0.05, 0.1) is 0 Å². The molecule has 1 nitrogen and oxygen atoms in total. The Morgan fingerprint density at radius 3 is 2.29 bits per heavy atom. The van der Waals surface area contributed by atoms with Crippen molar-refractivity contribution in [1.82, 2.24) is 0 Å². The van der Waals surface area contributed by atoms with Gasteiger partial charge in [0.1, 0.15) is 0 Å². The van der Waals surface area contributed by atoms with Crippen molar-refractivity contribution in [3.05, 3.63) is 0 Å². The van der Waals surface area contributed by atoms with E-state index in [4.69, 9.17) is 5.73 Å². The fourth-order valence-corrected chi connectivity index (χ4v) is 1.18. The molecule has 7 heavy (non-hydrogen) atoms. The van der Waals surface area contributed by atoms with Gasteiger partial charge in [0, 0.05) is 11.3 Å². The molecule has 0 bridgehead atoms. The number of thiol groups is 1. The Balaban J connectivity index is 2.29. The second kappa shape index (κ2) is 1.67. The lowest BCUT2D eigenvalue weighted by atomic mass is 9.82. The molecule has 1 fully saturated rings. The maximum atomic E-state index is 5.54. The van der Waals surface area contributed by atoms with E-state index in [1.165, 1.54) is 0 Å². The van der Waals surface area contributed by atoms with E-state index in [1.54, 1.807) is 0 Å². The van der Waals surface area contributed by atoms with Crippen LogP contribution in [0.2, 0.25) is 0 Å². The maximum absolute atomic E-state index is 5.54. The van der Waals surface area contributed by atoms with E-state index < -0.39 is 0 Å². The van der Waals surface area contributed by atoms with Crippen molar-refractivity contribution in [3.63, 3.8) is 0 Å². The second-order valence-electron chi connectivity index (χ2n) is 2.37. The van der Waals surface area contributed by atoms with Crippen LogP contribution in [0.1, 0.15) is 13.3 Å². The number of rotatable bonds is 0. The monoisotopic (exact) mass is 117 g/mol. The number of hydrogen-bond acceptors (Lipinski definition) is 2. The number of hydrogen-bond donors (Lipinski definition) is 2. The Bertz CT molecular complexity index is 66.5. The lowest BCUT2D eigenvalue weighted by Gasteiger charge is -2.36. The van der Waals surface area contributed by atoms with Gasteiger partial charge in [0.25, 0.3) is 0 Å². The van der Waals surface area contributed by atoms with E-state index in [2.05, 4.69) is 19.6 Å². The lowest BCUT2D eigenvalue weighted by molar-refractivity contribution is 0.307. The van der Waals surface area contributed by atoms with E-state index in [1.807, 2.05) is 0 Å². The van der Waals surface area contributed by atoms with Gasteiger partial charge in [-0.15, -0.1) is 0 Å². The molecule has 2 N–H and O–H groups in total. The zero-order chi connectivity index (χ0) is 5.44. The first-order valence-corrected chi connectivity index (χ1v) is 3.17. The SMILES string of the molecule is C[C@H]1C[C@@H](N)[C@H]1S. The maximum Gasteiger partial charge on any atom is 0.0195 e. The molecule has 0 aliphatic heterocycles. The Morgan fingerprint density at radius 1 is 1.71 bits per heavy atom. The number of nitrogens with two attached hydrogens (primary N) is 1. The molecule has 0 aromatic carbocycles. The Morgan fingerprint density at radius 2 is 2.29 bits per heavy atom. The molecule has 0 aromatic heterocycles. The van der Waals surface area contributed by atoms with Gasteiger partial charge >= 0.3 is 0 Å². The summed E-state index contributed by atoms with van der Waals surface area (Å²) in [7, 11) is 0. The van der Waals surface area contributed by atoms with E-state index >= 15 is 0 Å². The molecule has 0 aromatic rings. The van der Waals surface area contributed by atoms with Crippen LogP contribution in [0.15, 0.2) is 0 Å². The average Bonchev–Trinajstić information content (AvgIpc) is 1.68. The molecule has 1 saturated carbocycles. The van der Waals surface area contributed by atoms with E-state index in [-0.39, 0.29) is 0 Å². The molecule has 1 aliphatic rings. The third-order valence-corrected chi connectivity index (χ3v) is 2.56. The largest absolute Gasteiger partial charge is 0.327 e. The van der Waals surface area contributed by atoms with Crippen LogP contribution in [0.25, 0.3) is 0 Å². The molecule has 0 radical (unpaired) electrons. The minimum Gasteiger partial charge on any atom is -0.327 e. The quantitative estimate of drug-likeness (QED) is 0.448. The summed E-state index contributed by atoms with van der Waals surface area (Å²) in [6.07, 6.45) is 1.16. The topological polar surface area (TPSA) is 26.0 Å². The van der Waals surface area contributed by atoms with Gasteiger partial charge in [-0.3, -0.25) is 0 Å². The van der Waals surface area contributed by atoms with Crippen molar-refractivity contribution in [2.75, 3.05) is 0 Å². The third-order valence-electron chi connectivity index (χ3n) is 1.67. The predicted octanol–water partition coefficient (Wildman–Crippen LogP) is 0.652. The second-order valence-corrected chi connectivity index (χ2v) is 2.96. The molecule has 3 atom stereocenters. The van der Waals surface area contributed by atoms with Crippen LogP contribution in [0.5, 0.6) is 0 Å². The average molecular weight is 117 g/mol. The molecular weight excluding hydrogens is 106 g/mol. The smallest absolute Gasteiger partial charge is 0.0195 e. The highest BCUT2D eigenvalue weighted by Crippen LogP contribution is 2.29. The molecule has 0 unspecified atom stereocenters. The van der Waals surface area contributed by atoms with Gasteiger partial charge in [-0.1, -0.05) is 6.92 Å². The summed E-state index contributed by atoms with van der Waals surface area (Å²) < 4.78 is 0. The Kier molecular flexibility index (Phi) is 1.30. The van der Waals surface area contributed by atoms with Crippen LogP contribution >= 0.6 is 12.6 Å². The summed E-state index contributed by atoms with van der Waals surface area (Å²) in [5.41, 5.74) is 5.54. The minimum absolute atomic E-state index is 0.373. The van der Waals surface area contributed by atoms with E-state index in [0.29, 0.717) is 11.3 Å². The van der Waals surface area contributed by atoms with Crippen molar-refractivity contribution < 1.29 is 0 Å². The fraction of sp³-hybridized carbons (Fsp3) is 1.00. The van der Waals surface area contributed by atoms with Crippen LogP contribution in [0.3, 0.4) is 0 Å². The molecule has 1 aliphatic carbocycles. The van der Waals surface area contributed by atoms with Crippen LogP contribution in [0.4, 0.5) is 0 Å². The fourth-order valence-electron chi connectivity index (χ4n) is 0.934. The summed E-state index contributed by atoms with van der Waals surface area (Å²) in [5.74, 6) is 0.748. The van der Waals surface area contributed by atoms with Gasteiger partial charge in [0.2, 0.25) is 0 Å². The lowest BCUT2D eigenvalue weighted by Crippen LogP contribution is -2.47. The highest BCUT2D eigenvalue weighted by Gasteiger charge is 2.31. The van der Waals surface area contributed by atoms with Crippen molar-refractivity contribution in [3.8, 4) is 0 Å². The highest BCUT2D eigenvalue weighted by molar-refractivity contribution is 7.81. The Hall–Kier alpha value is 0.310. The summed E-state index contributed by atoms with van der Waals surface area (Å²) in [5, 5.41) is 0.472. The van der Waals surface area contributed by atoms with Gasteiger partial charge in [-0.2, -0.15) is 12.6 Å². The van der Waals surface area contributed by atoms with Crippen molar-refractivity contribution in [2.24, 2.45) is 11.7 Å². The molecule has 0 spiro atoms. The summed E-state index contributed by atoms with van der Waals surface area (Å²) in [4.78, 5) is 0. The predicted molar refractivity (Wildman–Crippen MR) is 34.5 cm³/mol. The van der Waals surface area contributed by atoms with Gasteiger partial charge in [0.15, 0.2) is 0 Å². The molecule has 0 amide bonds. The van der Waals surface area contributed by atoms with Gasteiger partial charge in [-0.05, 0) is 12.3 Å². The molecule has 0 heterocycles. The summed E-state index contributed by atoms with van der Waals surface area (Å²) in [6.45, 7) is 2.18. The van der Waals surface area contributed by atoms with Crippen LogP contribution in [-0.4, -0.2) is 11.3 Å². The van der Waals surface area contributed by atoms with Gasteiger partial charge < -0.3 is 5.73 Å². The first-order valence-electron chi connectivity index (χ1n) is 2.65. The summed E-state index contributed by atoms with van der Waals surface area (Å²) >= 11 is 4.25. The molecular formula is C5H11NS. The summed E-state index contributed by atoms with van der Waals surface area (Å²) in [6, 6.07) is 0.373. The molecule has 42 valence electrons. The van der Waals surface area contributed by atoms with Crippen molar-refractivity contribution >= 4 is 12.6 Å².